The molecule has 30 heavy (non-hydrogen) atoms. The fourth-order valence-electron chi connectivity index (χ4n) is 2.49. The molecular formula is C22H27NO7. The maximum Gasteiger partial charge on any atom is 0.338 e. The quantitative estimate of drug-likeness (QED) is 0.419. The first-order valence-electron chi connectivity index (χ1n) is 9.67. The molecule has 0 aliphatic rings. The summed E-state index contributed by atoms with van der Waals surface area (Å²) in [7, 11) is 1.48. The third-order valence-electron chi connectivity index (χ3n) is 3.86. The van der Waals surface area contributed by atoms with E-state index >= 15 is 0 Å². The van der Waals surface area contributed by atoms with Gasteiger partial charge in [0.15, 0.2) is 18.1 Å². The molecule has 8 heteroatoms. The highest BCUT2D eigenvalue weighted by Crippen LogP contribution is 2.28. The highest BCUT2D eigenvalue weighted by atomic mass is 16.5. The number of carbonyl (C=O) groups excluding carboxylic acids is 2. The molecule has 0 spiro atoms. The number of hydrogen-bond donors (Lipinski definition) is 1. The molecule has 0 bridgehead atoms. The summed E-state index contributed by atoms with van der Waals surface area (Å²) in [6.07, 6.45) is 0. The van der Waals surface area contributed by atoms with Crippen LogP contribution < -0.4 is 24.3 Å². The molecule has 1 N–H and O–H groups in total. The molecule has 0 atom stereocenters. The number of carbonyl (C=O) groups is 2. The molecule has 2 aromatic rings. The summed E-state index contributed by atoms with van der Waals surface area (Å²) in [5.41, 5.74) is 0.266. The minimum atomic E-state index is -0.628. The van der Waals surface area contributed by atoms with Crippen molar-refractivity contribution in [3.8, 4) is 23.0 Å². The number of methoxy groups -OCH3 is 1. The molecule has 2 rings (SSSR count). The number of ether oxygens (including phenoxy) is 5. The molecule has 0 heterocycles. The van der Waals surface area contributed by atoms with Gasteiger partial charge in [-0.1, -0.05) is 0 Å². The first-order valence-corrected chi connectivity index (χ1v) is 9.67. The minimum Gasteiger partial charge on any atom is -0.494 e. The van der Waals surface area contributed by atoms with E-state index in [9.17, 15) is 9.59 Å². The van der Waals surface area contributed by atoms with Crippen LogP contribution in [0.25, 0.3) is 0 Å². The van der Waals surface area contributed by atoms with Crippen molar-refractivity contribution in [2.45, 2.75) is 13.8 Å². The zero-order valence-corrected chi connectivity index (χ0v) is 17.4. The van der Waals surface area contributed by atoms with Crippen LogP contribution in [-0.2, 0) is 9.53 Å². The van der Waals surface area contributed by atoms with Gasteiger partial charge in [-0.2, -0.15) is 0 Å². The number of amides is 1. The van der Waals surface area contributed by atoms with Gasteiger partial charge in [0.25, 0.3) is 5.91 Å². The molecule has 2 aromatic carbocycles. The van der Waals surface area contributed by atoms with E-state index in [0.29, 0.717) is 30.5 Å². The second-order valence-electron chi connectivity index (χ2n) is 5.98. The summed E-state index contributed by atoms with van der Waals surface area (Å²) in [4.78, 5) is 24.0. The number of esters is 1. The fourth-order valence-corrected chi connectivity index (χ4v) is 2.49. The van der Waals surface area contributed by atoms with Crippen LogP contribution in [0.5, 0.6) is 23.0 Å². The smallest absolute Gasteiger partial charge is 0.338 e. The molecule has 0 saturated carbocycles. The van der Waals surface area contributed by atoms with E-state index in [2.05, 4.69) is 5.32 Å². The predicted octanol–water partition coefficient (Wildman–Crippen LogP) is 2.84. The van der Waals surface area contributed by atoms with Crippen molar-refractivity contribution in [3.05, 3.63) is 48.0 Å². The molecule has 0 aliphatic carbocycles. The van der Waals surface area contributed by atoms with E-state index in [4.69, 9.17) is 23.7 Å². The molecule has 0 aromatic heterocycles. The van der Waals surface area contributed by atoms with Crippen LogP contribution in [0.4, 0.5) is 0 Å². The second kappa shape index (κ2) is 12.2. The molecule has 0 radical (unpaired) electrons. The topological polar surface area (TPSA) is 92.3 Å². The van der Waals surface area contributed by atoms with Crippen LogP contribution in [0.3, 0.4) is 0 Å². The number of rotatable bonds is 12. The second-order valence-corrected chi connectivity index (χ2v) is 5.98. The van der Waals surface area contributed by atoms with E-state index in [0.717, 1.165) is 5.75 Å². The molecular weight excluding hydrogens is 390 g/mol. The molecule has 8 nitrogen and oxygen atoms in total. The summed E-state index contributed by atoms with van der Waals surface area (Å²) >= 11 is 0. The number of hydrogen-bond acceptors (Lipinski definition) is 7. The van der Waals surface area contributed by atoms with Crippen LogP contribution in [0.2, 0.25) is 0 Å². The van der Waals surface area contributed by atoms with E-state index in [1.807, 2.05) is 26.0 Å². The van der Waals surface area contributed by atoms with Gasteiger partial charge in [0.2, 0.25) is 0 Å². The molecule has 162 valence electrons. The van der Waals surface area contributed by atoms with Gasteiger partial charge in [0.05, 0.1) is 32.4 Å². The fraction of sp³-hybridized carbons (Fsp3) is 0.364. The lowest BCUT2D eigenvalue weighted by Gasteiger charge is -2.11. The van der Waals surface area contributed by atoms with Crippen LogP contribution >= 0.6 is 0 Å². The van der Waals surface area contributed by atoms with E-state index < -0.39 is 18.5 Å². The van der Waals surface area contributed by atoms with Crippen molar-refractivity contribution in [2.24, 2.45) is 0 Å². The Balaban J connectivity index is 1.70. The summed E-state index contributed by atoms with van der Waals surface area (Å²) in [6, 6.07) is 11.9. The van der Waals surface area contributed by atoms with E-state index in [1.54, 1.807) is 24.3 Å². The Morgan fingerprint density at radius 2 is 1.53 bits per heavy atom. The predicted molar refractivity (Wildman–Crippen MR) is 111 cm³/mol. The maximum atomic E-state index is 12.1. The Kier molecular flexibility index (Phi) is 9.30. The first-order chi connectivity index (χ1) is 14.6. The highest BCUT2D eigenvalue weighted by molar-refractivity contribution is 5.92. The van der Waals surface area contributed by atoms with Gasteiger partial charge in [0.1, 0.15) is 18.1 Å². The Morgan fingerprint density at radius 1 is 0.867 bits per heavy atom. The van der Waals surface area contributed by atoms with Crippen LogP contribution in [0, 0.1) is 0 Å². The van der Waals surface area contributed by atoms with Crippen molar-refractivity contribution >= 4 is 11.9 Å². The van der Waals surface area contributed by atoms with E-state index in [1.165, 1.54) is 13.2 Å². The van der Waals surface area contributed by atoms with Crippen LogP contribution in [-0.4, -0.2) is 52.0 Å². The van der Waals surface area contributed by atoms with Crippen molar-refractivity contribution in [1.82, 2.24) is 5.32 Å². The van der Waals surface area contributed by atoms with E-state index in [-0.39, 0.29) is 18.7 Å². The van der Waals surface area contributed by atoms with Crippen molar-refractivity contribution in [1.29, 1.82) is 0 Å². The third kappa shape index (κ3) is 7.20. The van der Waals surface area contributed by atoms with Gasteiger partial charge < -0.3 is 29.0 Å². The standard InChI is InChI=1S/C22H27NO7/c1-4-27-17-7-9-18(10-8-17)29-13-12-23-21(24)15-30-22(25)16-6-11-19(28-5-2)20(14-16)26-3/h6-11,14H,4-5,12-13,15H2,1-3H3,(H,23,24). The monoisotopic (exact) mass is 417 g/mol. The Hall–Kier alpha value is -3.42. The lowest BCUT2D eigenvalue weighted by molar-refractivity contribution is -0.124. The largest absolute Gasteiger partial charge is 0.494 e. The molecule has 0 unspecified atom stereocenters. The Labute approximate surface area is 176 Å². The zero-order chi connectivity index (χ0) is 21.8. The molecule has 1 amide bonds. The Morgan fingerprint density at radius 3 is 2.17 bits per heavy atom. The Bertz CT molecular complexity index is 821. The number of benzene rings is 2. The normalized spacial score (nSPS) is 10.1. The SMILES string of the molecule is CCOc1ccc(OCCNC(=O)COC(=O)c2ccc(OCC)c(OC)c2)cc1. The first kappa shape index (κ1) is 22.9. The minimum absolute atomic E-state index is 0.266. The average molecular weight is 417 g/mol. The van der Waals surface area contributed by atoms with Gasteiger partial charge in [0, 0.05) is 0 Å². The summed E-state index contributed by atoms with van der Waals surface area (Å²) in [5.74, 6) is 1.34. The van der Waals surface area contributed by atoms with Crippen molar-refractivity contribution in [2.75, 3.05) is 40.1 Å². The van der Waals surface area contributed by atoms with Gasteiger partial charge in [-0.05, 0) is 56.3 Å². The van der Waals surface area contributed by atoms with Gasteiger partial charge in [-0.3, -0.25) is 4.79 Å². The lowest BCUT2D eigenvalue weighted by atomic mass is 10.2. The third-order valence-corrected chi connectivity index (χ3v) is 3.86. The van der Waals surface area contributed by atoms with Crippen molar-refractivity contribution < 1.29 is 33.3 Å². The average Bonchev–Trinajstić information content (AvgIpc) is 2.76. The zero-order valence-electron chi connectivity index (χ0n) is 17.4. The molecule has 0 fully saturated rings. The van der Waals surface area contributed by atoms with Gasteiger partial charge in [-0.15, -0.1) is 0 Å². The molecule has 0 saturated heterocycles. The van der Waals surface area contributed by atoms with Gasteiger partial charge >= 0.3 is 5.97 Å². The summed E-state index contributed by atoms with van der Waals surface area (Å²) in [5, 5.41) is 2.63. The molecule has 0 aliphatic heterocycles. The maximum absolute atomic E-state index is 12.1. The van der Waals surface area contributed by atoms with Crippen molar-refractivity contribution in [3.63, 3.8) is 0 Å². The highest BCUT2D eigenvalue weighted by Gasteiger charge is 2.13. The van der Waals surface area contributed by atoms with Crippen LogP contribution in [0.1, 0.15) is 24.2 Å². The number of nitrogens with one attached hydrogen (secondary N) is 1. The summed E-state index contributed by atoms with van der Waals surface area (Å²) in [6.45, 7) is 5.01. The lowest BCUT2D eigenvalue weighted by Crippen LogP contribution is -2.32. The van der Waals surface area contributed by atoms with Crippen LogP contribution in [0.15, 0.2) is 42.5 Å². The van der Waals surface area contributed by atoms with Gasteiger partial charge in [-0.25, -0.2) is 4.79 Å². The summed E-state index contributed by atoms with van der Waals surface area (Å²) < 4.78 is 26.5.